The van der Waals surface area contributed by atoms with Crippen LogP contribution in [-0.4, -0.2) is 40.6 Å². The highest BCUT2D eigenvalue weighted by Gasteiger charge is 2.10. The van der Waals surface area contributed by atoms with Crippen LogP contribution in [-0.2, 0) is 27.3 Å². The molecule has 0 unspecified atom stereocenters. The first-order valence-electron chi connectivity index (χ1n) is 7.09. The number of ether oxygens (including phenoxy) is 2. The summed E-state index contributed by atoms with van der Waals surface area (Å²) in [4.78, 5) is 23.3. The predicted molar refractivity (Wildman–Crippen MR) is 82.0 cm³/mol. The molecule has 2 rings (SSSR count). The van der Waals surface area contributed by atoms with Crippen molar-refractivity contribution in [1.29, 1.82) is 0 Å². The van der Waals surface area contributed by atoms with E-state index in [1.54, 1.807) is 20.1 Å². The minimum atomic E-state index is -0.411. The van der Waals surface area contributed by atoms with E-state index >= 15 is 0 Å². The van der Waals surface area contributed by atoms with Crippen LogP contribution in [0.15, 0.2) is 30.5 Å². The lowest BCUT2D eigenvalue weighted by molar-refractivity contribution is -0.144. The van der Waals surface area contributed by atoms with Gasteiger partial charge in [-0.1, -0.05) is 17.3 Å². The molecular weight excluding hydrogens is 300 g/mol. The van der Waals surface area contributed by atoms with Crippen LogP contribution in [0.5, 0.6) is 5.75 Å². The number of carbonyl (C=O) groups excluding carboxylic acids is 2. The third kappa shape index (κ3) is 5.10. The number of hydrogen-bond acceptors (Lipinski definition) is 6. The van der Waals surface area contributed by atoms with Crippen molar-refractivity contribution in [2.24, 2.45) is 0 Å². The van der Waals surface area contributed by atoms with Crippen LogP contribution in [0.25, 0.3) is 0 Å². The summed E-state index contributed by atoms with van der Waals surface area (Å²) in [6, 6.07) is 7.25. The maximum atomic E-state index is 12.0. The Labute approximate surface area is 133 Å². The largest absolute Gasteiger partial charge is 0.497 e. The molecule has 8 nitrogen and oxygen atoms in total. The minimum absolute atomic E-state index is 0.0490. The summed E-state index contributed by atoms with van der Waals surface area (Å²) < 4.78 is 11.2. The fourth-order valence-electron chi connectivity index (χ4n) is 1.93. The number of amides is 1. The lowest BCUT2D eigenvalue weighted by Gasteiger charge is -2.04. The van der Waals surface area contributed by atoms with Gasteiger partial charge in [0.25, 0.3) is 0 Å². The van der Waals surface area contributed by atoms with Crippen LogP contribution in [0, 0.1) is 0 Å². The molecule has 1 amide bonds. The highest BCUT2D eigenvalue weighted by atomic mass is 16.5. The Morgan fingerprint density at radius 3 is 2.91 bits per heavy atom. The zero-order valence-corrected chi connectivity index (χ0v) is 13.0. The molecule has 0 bridgehead atoms. The number of hydrogen-bond donors (Lipinski definition) is 1. The molecule has 0 spiro atoms. The average Bonchev–Trinajstić information content (AvgIpc) is 2.94. The van der Waals surface area contributed by atoms with Crippen molar-refractivity contribution in [3.8, 4) is 5.75 Å². The number of aromatic nitrogens is 3. The lowest BCUT2D eigenvalue weighted by atomic mass is 10.1. The molecule has 1 aromatic carbocycles. The van der Waals surface area contributed by atoms with Crippen molar-refractivity contribution in [3.05, 3.63) is 36.0 Å². The first-order valence-corrected chi connectivity index (χ1v) is 7.09. The van der Waals surface area contributed by atoms with Gasteiger partial charge in [-0.2, -0.15) is 0 Å². The molecule has 0 aliphatic carbocycles. The van der Waals surface area contributed by atoms with Gasteiger partial charge in [-0.25, -0.2) is 4.68 Å². The van der Waals surface area contributed by atoms with E-state index < -0.39 is 5.97 Å². The van der Waals surface area contributed by atoms with Gasteiger partial charge in [0.05, 0.1) is 26.3 Å². The molecule has 0 saturated heterocycles. The molecule has 0 saturated carbocycles. The summed E-state index contributed by atoms with van der Waals surface area (Å²) in [5.74, 6) is 0.325. The molecule has 122 valence electrons. The van der Waals surface area contributed by atoms with Crippen LogP contribution in [0.2, 0.25) is 0 Å². The van der Waals surface area contributed by atoms with Crippen LogP contribution < -0.4 is 10.1 Å². The highest BCUT2D eigenvalue weighted by molar-refractivity contribution is 5.91. The fraction of sp³-hybridized carbons (Fsp3) is 0.333. The van der Waals surface area contributed by atoms with E-state index in [1.807, 2.05) is 18.2 Å². The fourth-order valence-corrected chi connectivity index (χ4v) is 1.93. The SMILES string of the molecule is CCOC(=O)Cn1cc(NC(=O)Cc2cccc(OC)c2)nn1. The summed E-state index contributed by atoms with van der Waals surface area (Å²) in [6.07, 6.45) is 1.66. The number of anilines is 1. The predicted octanol–water partition coefficient (Wildman–Crippen LogP) is 1.03. The van der Waals surface area contributed by atoms with Crippen LogP contribution in [0.4, 0.5) is 5.82 Å². The number of nitrogens with one attached hydrogen (secondary N) is 1. The van der Waals surface area contributed by atoms with Crippen LogP contribution in [0.1, 0.15) is 12.5 Å². The Hall–Kier alpha value is -2.90. The van der Waals surface area contributed by atoms with Crippen molar-refractivity contribution in [2.45, 2.75) is 19.9 Å². The van der Waals surface area contributed by atoms with Gasteiger partial charge in [-0.3, -0.25) is 9.59 Å². The summed E-state index contributed by atoms with van der Waals surface area (Å²) >= 11 is 0. The number of carbonyl (C=O) groups is 2. The van der Waals surface area contributed by atoms with Gasteiger partial charge in [0, 0.05) is 0 Å². The molecule has 0 radical (unpaired) electrons. The van der Waals surface area contributed by atoms with Gasteiger partial charge in [0.2, 0.25) is 5.91 Å². The van der Waals surface area contributed by atoms with E-state index in [-0.39, 0.29) is 24.7 Å². The second-order valence-corrected chi connectivity index (χ2v) is 4.68. The van der Waals surface area contributed by atoms with E-state index in [9.17, 15) is 9.59 Å². The van der Waals surface area contributed by atoms with E-state index in [0.717, 1.165) is 5.56 Å². The van der Waals surface area contributed by atoms with E-state index in [1.165, 1.54) is 10.9 Å². The van der Waals surface area contributed by atoms with Crippen LogP contribution in [0.3, 0.4) is 0 Å². The summed E-state index contributed by atoms with van der Waals surface area (Å²) in [6.45, 7) is 1.98. The molecule has 0 atom stereocenters. The Kier molecular flexibility index (Phi) is 5.67. The maximum Gasteiger partial charge on any atom is 0.327 e. The van der Waals surface area contributed by atoms with Gasteiger partial charge in [-0.15, -0.1) is 5.10 Å². The van der Waals surface area contributed by atoms with E-state index in [4.69, 9.17) is 9.47 Å². The van der Waals surface area contributed by atoms with Crippen molar-refractivity contribution < 1.29 is 19.1 Å². The van der Waals surface area contributed by atoms with Crippen molar-refractivity contribution in [2.75, 3.05) is 19.0 Å². The molecule has 8 heteroatoms. The third-order valence-corrected chi connectivity index (χ3v) is 2.90. The molecule has 1 aromatic heterocycles. The Balaban J connectivity index is 1.90. The van der Waals surface area contributed by atoms with Gasteiger partial charge in [-0.05, 0) is 24.6 Å². The number of rotatable bonds is 7. The summed E-state index contributed by atoms with van der Waals surface area (Å²) in [7, 11) is 1.57. The van der Waals surface area contributed by atoms with E-state index in [2.05, 4.69) is 15.6 Å². The Bertz CT molecular complexity index is 684. The molecule has 0 aliphatic heterocycles. The smallest absolute Gasteiger partial charge is 0.327 e. The van der Waals surface area contributed by atoms with E-state index in [0.29, 0.717) is 12.4 Å². The Morgan fingerprint density at radius 1 is 1.35 bits per heavy atom. The van der Waals surface area contributed by atoms with Gasteiger partial charge >= 0.3 is 5.97 Å². The molecule has 0 fully saturated rings. The second-order valence-electron chi connectivity index (χ2n) is 4.68. The van der Waals surface area contributed by atoms with Gasteiger partial charge in [0.15, 0.2) is 5.82 Å². The maximum absolute atomic E-state index is 12.0. The van der Waals surface area contributed by atoms with Gasteiger partial charge < -0.3 is 14.8 Å². The van der Waals surface area contributed by atoms with Crippen molar-refractivity contribution in [3.63, 3.8) is 0 Å². The molecule has 2 aromatic rings. The first-order chi connectivity index (χ1) is 11.1. The second kappa shape index (κ2) is 7.92. The van der Waals surface area contributed by atoms with Crippen molar-refractivity contribution >= 4 is 17.7 Å². The van der Waals surface area contributed by atoms with Crippen molar-refractivity contribution in [1.82, 2.24) is 15.0 Å². The number of methoxy groups -OCH3 is 1. The number of nitrogens with zero attached hydrogens (tertiary/aromatic N) is 3. The molecular formula is C15H18N4O4. The zero-order valence-electron chi connectivity index (χ0n) is 13.0. The summed E-state index contributed by atoms with van der Waals surface area (Å²) in [5.41, 5.74) is 0.820. The Morgan fingerprint density at radius 2 is 2.17 bits per heavy atom. The normalized spacial score (nSPS) is 10.2. The number of benzene rings is 1. The number of esters is 1. The standard InChI is InChI=1S/C15H18N4O4/c1-3-23-15(21)10-19-9-13(17-18-19)16-14(20)8-11-5-4-6-12(7-11)22-2/h4-7,9H,3,8,10H2,1-2H3,(H,16,20). The zero-order chi connectivity index (χ0) is 16.7. The lowest BCUT2D eigenvalue weighted by Crippen LogP contribution is -2.15. The first kappa shape index (κ1) is 16.5. The molecule has 23 heavy (non-hydrogen) atoms. The van der Waals surface area contributed by atoms with Gasteiger partial charge in [0.1, 0.15) is 12.3 Å². The monoisotopic (exact) mass is 318 g/mol. The molecule has 1 heterocycles. The highest BCUT2D eigenvalue weighted by Crippen LogP contribution is 2.13. The third-order valence-electron chi connectivity index (χ3n) is 2.90. The molecule has 1 N–H and O–H groups in total. The topological polar surface area (TPSA) is 95.3 Å². The minimum Gasteiger partial charge on any atom is -0.497 e. The molecule has 0 aliphatic rings. The average molecular weight is 318 g/mol. The van der Waals surface area contributed by atoms with Crippen LogP contribution >= 0.6 is 0 Å². The summed E-state index contributed by atoms with van der Waals surface area (Å²) in [5, 5.41) is 10.2. The quantitative estimate of drug-likeness (QED) is 0.766.